The number of aromatic nitrogens is 1. The number of hydrogen-bond donors (Lipinski definition) is 0. The fourth-order valence-electron chi connectivity index (χ4n) is 3.27. The summed E-state index contributed by atoms with van der Waals surface area (Å²) in [5, 5.41) is 0.560. The van der Waals surface area contributed by atoms with Crippen molar-refractivity contribution < 1.29 is 19.1 Å². The summed E-state index contributed by atoms with van der Waals surface area (Å²) < 4.78 is 6.20. The van der Waals surface area contributed by atoms with Crippen molar-refractivity contribution in [2.45, 2.75) is 26.7 Å². The van der Waals surface area contributed by atoms with E-state index in [-0.39, 0.29) is 37.1 Å². The maximum Gasteiger partial charge on any atom is 0.248 e. The van der Waals surface area contributed by atoms with Crippen LogP contribution in [0.3, 0.4) is 0 Å². The zero-order chi connectivity index (χ0) is 21.0. The second kappa shape index (κ2) is 9.32. The van der Waals surface area contributed by atoms with E-state index in [1.807, 2.05) is 18.2 Å². The molecule has 2 aromatic rings. The molecule has 3 rings (SSSR count). The molecule has 0 N–H and O–H groups in total. The van der Waals surface area contributed by atoms with Gasteiger partial charge in [0.15, 0.2) is 5.13 Å². The van der Waals surface area contributed by atoms with Gasteiger partial charge in [-0.3, -0.25) is 24.2 Å². The monoisotopic (exact) mass is 418 g/mol. The molecule has 1 aliphatic rings. The summed E-state index contributed by atoms with van der Waals surface area (Å²) in [7, 11) is 1.60. The smallest absolute Gasteiger partial charge is 0.248 e. The molecule has 9 heteroatoms. The zero-order valence-electron chi connectivity index (χ0n) is 17.0. The average molecular weight is 419 g/mol. The number of rotatable bonds is 9. The first-order valence-corrected chi connectivity index (χ1v) is 10.6. The molecule has 3 amide bonds. The quantitative estimate of drug-likeness (QED) is 0.580. The number of likely N-dealkylation sites (N-methyl/N-ethyl adjacent to an activating group) is 1. The van der Waals surface area contributed by atoms with Gasteiger partial charge in [0.2, 0.25) is 17.7 Å². The SMILES string of the molecule is CCN(CC)CCN(C(=O)CN1C(=O)CCC1=O)c1nc2cc(OC)ccc2s1. The van der Waals surface area contributed by atoms with E-state index in [9.17, 15) is 14.4 Å². The van der Waals surface area contributed by atoms with Crippen LogP contribution in [0.5, 0.6) is 5.75 Å². The number of benzene rings is 1. The van der Waals surface area contributed by atoms with Crippen LogP contribution in [-0.4, -0.2) is 72.3 Å². The van der Waals surface area contributed by atoms with Crippen LogP contribution in [0.1, 0.15) is 26.7 Å². The summed E-state index contributed by atoms with van der Waals surface area (Å²) in [6.45, 7) is 6.77. The highest BCUT2D eigenvalue weighted by atomic mass is 32.1. The molecule has 0 spiro atoms. The Kier molecular flexibility index (Phi) is 6.81. The summed E-state index contributed by atoms with van der Waals surface area (Å²) in [6.07, 6.45) is 0.346. The van der Waals surface area contributed by atoms with Crippen molar-refractivity contribution in [3.05, 3.63) is 18.2 Å². The Hall–Kier alpha value is -2.52. The zero-order valence-corrected chi connectivity index (χ0v) is 17.8. The number of methoxy groups -OCH3 is 1. The van der Waals surface area contributed by atoms with E-state index in [0.717, 1.165) is 28.2 Å². The molecule has 0 atom stereocenters. The summed E-state index contributed by atoms with van der Waals surface area (Å²) >= 11 is 1.41. The molecular formula is C20H26N4O4S. The third kappa shape index (κ3) is 4.73. The molecule has 29 heavy (non-hydrogen) atoms. The minimum Gasteiger partial charge on any atom is -0.497 e. The fraction of sp³-hybridized carbons (Fsp3) is 0.500. The third-order valence-electron chi connectivity index (χ3n) is 5.10. The van der Waals surface area contributed by atoms with Crippen molar-refractivity contribution in [2.24, 2.45) is 0 Å². The Morgan fingerprint density at radius 2 is 1.86 bits per heavy atom. The van der Waals surface area contributed by atoms with Crippen molar-refractivity contribution in [3.8, 4) is 5.75 Å². The number of ether oxygens (including phenoxy) is 1. The average Bonchev–Trinajstić information content (AvgIpc) is 3.28. The Balaban J connectivity index is 1.86. The highest BCUT2D eigenvalue weighted by Gasteiger charge is 2.32. The van der Waals surface area contributed by atoms with Gasteiger partial charge in [0, 0.05) is 32.0 Å². The number of likely N-dealkylation sites (tertiary alicyclic amines) is 1. The minimum atomic E-state index is -0.299. The lowest BCUT2D eigenvalue weighted by atomic mass is 10.3. The maximum atomic E-state index is 13.1. The van der Waals surface area contributed by atoms with Gasteiger partial charge in [-0.25, -0.2) is 4.98 Å². The molecule has 1 fully saturated rings. The molecule has 0 bridgehead atoms. The van der Waals surface area contributed by atoms with Crippen molar-refractivity contribution in [1.29, 1.82) is 0 Å². The number of carbonyl (C=O) groups is 3. The van der Waals surface area contributed by atoms with Gasteiger partial charge in [-0.1, -0.05) is 25.2 Å². The first-order chi connectivity index (χ1) is 14.0. The number of fused-ring (bicyclic) bond motifs is 1. The van der Waals surface area contributed by atoms with Gasteiger partial charge in [-0.15, -0.1) is 0 Å². The van der Waals surface area contributed by atoms with Crippen molar-refractivity contribution in [3.63, 3.8) is 0 Å². The largest absolute Gasteiger partial charge is 0.497 e. The van der Waals surface area contributed by atoms with E-state index in [1.165, 1.54) is 11.3 Å². The van der Waals surface area contributed by atoms with Gasteiger partial charge in [-0.05, 0) is 25.2 Å². The third-order valence-corrected chi connectivity index (χ3v) is 6.16. The topological polar surface area (TPSA) is 83.0 Å². The second-order valence-corrected chi connectivity index (χ2v) is 7.79. The number of anilines is 1. The van der Waals surface area contributed by atoms with E-state index in [2.05, 4.69) is 23.7 Å². The fourth-order valence-corrected chi connectivity index (χ4v) is 4.25. The number of imide groups is 1. The van der Waals surface area contributed by atoms with Crippen LogP contribution in [-0.2, 0) is 14.4 Å². The van der Waals surface area contributed by atoms with E-state index in [1.54, 1.807) is 12.0 Å². The second-order valence-electron chi connectivity index (χ2n) is 6.78. The normalized spacial score (nSPS) is 14.3. The van der Waals surface area contributed by atoms with Crippen LogP contribution >= 0.6 is 11.3 Å². The van der Waals surface area contributed by atoms with Crippen LogP contribution in [0.2, 0.25) is 0 Å². The highest BCUT2D eigenvalue weighted by molar-refractivity contribution is 7.22. The molecule has 1 aromatic heterocycles. The van der Waals surface area contributed by atoms with Gasteiger partial charge in [0.25, 0.3) is 0 Å². The first-order valence-electron chi connectivity index (χ1n) is 9.77. The van der Waals surface area contributed by atoms with E-state index >= 15 is 0 Å². The van der Waals surface area contributed by atoms with Gasteiger partial charge in [0.05, 0.1) is 17.3 Å². The number of nitrogens with zero attached hydrogens (tertiary/aromatic N) is 4. The Morgan fingerprint density at radius 3 is 2.48 bits per heavy atom. The molecule has 2 heterocycles. The van der Waals surface area contributed by atoms with Crippen LogP contribution in [0.25, 0.3) is 10.2 Å². The van der Waals surface area contributed by atoms with Crippen molar-refractivity contribution in [1.82, 2.24) is 14.8 Å². The molecule has 0 saturated carbocycles. The van der Waals surface area contributed by atoms with Gasteiger partial charge in [-0.2, -0.15) is 0 Å². The first kappa shape index (κ1) is 21.2. The van der Waals surface area contributed by atoms with E-state index in [0.29, 0.717) is 24.0 Å². The minimum absolute atomic E-state index is 0.173. The van der Waals surface area contributed by atoms with Crippen LogP contribution in [0, 0.1) is 0 Å². The molecule has 1 aromatic carbocycles. The maximum absolute atomic E-state index is 13.1. The Morgan fingerprint density at radius 1 is 1.17 bits per heavy atom. The van der Waals surface area contributed by atoms with Crippen LogP contribution < -0.4 is 9.64 Å². The summed E-state index contributed by atoms with van der Waals surface area (Å²) in [5.74, 6) is -0.183. The van der Waals surface area contributed by atoms with E-state index in [4.69, 9.17) is 4.74 Å². The van der Waals surface area contributed by atoms with Gasteiger partial charge < -0.3 is 9.64 Å². The Labute approximate surface area is 174 Å². The van der Waals surface area contributed by atoms with Crippen LogP contribution in [0.15, 0.2) is 18.2 Å². The molecule has 0 radical (unpaired) electrons. The molecule has 1 saturated heterocycles. The standard InChI is InChI=1S/C20H26N4O4S/c1-4-22(5-2)10-11-23(19(27)13-24-17(25)8-9-18(24)26)20-21-15-12-14(28-3)6-7-16(15)29-20/h6-7,12H,4-5,8-11,13H2,1-3H3. The lowest BCUT2D eigenvalue weighted by Crippen LogP contribution is -2.45. The lowest BCUT2D eigenvalue weighted by molar-refractivity contribution is -0.141. The predicted octanol–water partition coefficient (Wildman–Crippen LogP) is 2.13. The lowest BCUT2D eigenvalue weighted by Gasteiger charge is -2.26. The molecular weight excluding hydrogens is 392 g/mol. The molecule has 0 aliphatic carbocycles. The summed E-state index contributed by atoms with van der Waals surface area (Å²) in [6, 6.07) is 5.60. The number of hydrogen-bond acceptors (Lipinski definition) is 7. The number of thiazole rings is 1. The van der Waals surface area contributed by atoms with Crippen LogP contribution in [0.4, 0.5) is 5.13 Å². The summed E-state index contributed by atoms with van der Waals surface area (Å²) in [4.78, 5) is 46.5. The predicted molar refractivity (Wildman–Crippen MR) is 112 cm³/mol. The van der Waals surface area contributed by atoms with Crippen molar-refractivity contribution in [2.75, 3.05) is 44.7 Å². The number of carbonyl (C=O) groups excluding carboxylic acids is 3. The van der Waals surface area contributed by atoms with Gasteiger partial charge >= 0.3 is 0 Å². The number of amides is 3. The van der Waals surface area contributed by atoms with Gasteiger partial charge in [0.1, 0.15) is 12.3 Å². The van der Waals surface area contributed by atoms with Crippen molar-refractivity contribution >= 4 is 44.4 Å². The molecule has 1 aliphatic heterocycles. The molecule has 156 valence electrons. The highest BCUT2D eigenvalue weighted by Crippen LogP contribution is 2.31. The molecule has 0 unspecified atom stereocenters. The molecule has 8 nitrogen and oxygen atoms in total. The summed E-state index contributed by atoms with van der Waals surface area (Å²) in [5.41, 5.74) is 0.748. The Bertz CT molecular complexity index is 893. The van der Waals surface area contributed by atoms with E-state index < -0.39 is 0 Å².